The molecule has 0 aliphatic rings. The minimum absolute atomic E-state index is 0.0690. The van der Waals surface area contributed by atoms with Crippen LogP contribution < -0.4 is 4.74 Å². The summed E-state index contributed by atoms with van der Waals surface area (Å²) in [6.07, 6.45) is -4.30. The fourth-order valence-electron chi connectivity index (χ4n) is 1.81. The second kappa shape index (κ2) is 6.44. The summed E-state index contributed by atoms with van der Waals surface area (Å²) in [6, 6.07) is 8.94. The van der Waals surface area contributed by atoms with E-state index in [-0.39, 0.29) is 12.0 Å². The molecule has 0 radical (unpaired) electrons. The molecule has 112 valence electrons. The first kappa shape index (κ1) is 15.8. The summed E-state index contributed by atoms with van der Waals surface area (Å²) in [7, 11) is 0. The van der Waals surface area contributed by atoms with Crippen molar-refractivity contribution in [2.75, 3.05) is 0 Å². The Hall–Kier alpha value is -1.60. The van der Waals surface area contributed by atoms with E-state index in [1.807, 2.05) is 0 Å². The van der Waals surface area contributed by atoms with Crippen LogP contribution in [-0.4, -0.2) is 16.5 Å². The molecule has 7 heteroatoms. The number of halogens is 4. The number of hydrogen-bond acceptors (Lipinski definition) is 3. The van der Waals surface area contributed by atoms with Crippen molar-refractivity contribution in [2.24, 2.45) is 0 Å². The lowest BCUT2D eigenvalue weighted by molar-refractivity contribution is -0.275. The number of hydrogen-bond donors (Lipinski definition) is 1. The molecule has 1 heterocycles. The standard InChI is InChI=1S/C14H11BrF3NO2/c15-9-5-6-10(19-8-9)7-12(20)11-3-1-2-4-13(11)21-14(16,17)18/h1-6,8,12,20H,7H2. The Morgan fingerprint density at radius 3 is 2.52 bits per heavy atom. The summed E-state index contributed by atoms with van der Waals surface area (Å²) in [5, 5.41) is 10.1. The van der Waals surface area contributed by atoms with Gasteiger partial charge in [0.1, 0.15) is 5.75 Å². The van der Waals surface area contributed by atoms with Crippen molar-refractivity contribution in [3.05, 3.63) is 58.3 Å². The maximum atomic E-state index is 12.3. The topological polar surface area (TPSA) is 42.4 Å². The normalized spacial score (nSPS) is 13.0. The van der Waals surface area contributed by atoms with E-state index >= 15 is 0 Å². The summed E-state index contributed by atoms with van der Waals surface area (Å²) < 4.78 is 41.7. The second-order valence-corrected chi connectivity index (χ2v) is 5.19. The molecule has 0 saturated heterocycles. The molecule has 1 N–H and O–H groups in total. The first-order valence-electron chi connectivity index (χ1n) is 5.98. The average Bonchev–Trinajstić information content (AvgIpc) is 2.40. The van der Waals surface area contributed by atoms with Crippen molar-refractivity contribution in [3.63, 3.8) is 0 Å². The van der Waals surface area contributed by atoms with E-state index in [4.69, 9.17) is 0 Å². The minimum Gasteiger partial charge on any atom is -0.405 e. The minimum atomic E-state index is -4.80. The fourth-order valence-corrected chi connectivity index (χ4v) is 2.04. The number of aliphatic hydroxyl groups is 1. The van der Waals surface area contributed by atoms with Crippen LogP contribution in [0.2, 0.25) is 0 Å². The second-order valence-electron chi connectivity index (χ2n) is 4.27. The van der Waals surface area contributed by atoms with Crippen molar-refractivity contribution in [1.82, 2.24) is 4.98 Å². The van der Waals surface area contributed by atoms with Crippen molar-refractivity contribution in [3.8, 4) is 5.75 Å². The highest BCUT2D eigenvalue weighted by Crippen LogP contribution is 2.31. The molecule has 0 fully saturated rings. The molecule has 3 nitrogen and oxygen atoms in total. The molecule has 0 aliphatic heterocycles. The number of pyridine rings is 1. The smallest absolute Gasteiger partial charge is 0.405 e. The lowest BCUT2D eigenvalue weighted by Gasteiger charge is -2.17. The van der Waals surface area contributed by atoms with Gasteiger partial charge in [-0.25, -0.2) is 0 Å². The zero-order chi connectivity index (χ0) is 15.5. The summed E-state index contributed by atoms with van der Waals surface area (Å²) in [6.45, 7) is 0. The molecule has 0 bridgehead atoms. The van der Waals surface area contributed by atoms with Gasteiger partial charge in [0, 0.05) is 28.3 Å². The molecule has 2 aromatic rings. The van der Waals surface area contributed by atoms with Gasteiger partial charge in [-0.1, -0.05) is 18.2 Å². The van der Waals surface area contributed by atoms with Gasteiger partial charge in [-0.15, -0.1) is 13.2 Å². The van der Waals surface area contributed by atoms with Crippen LogP contribution in [0.25, 0.3) is 0 Å². The lowest BCUT2D eigenvalue weighted by atomic mass is 10.0. The number of benzene rings is 1. The van der Waals surface area contributed by atoms with Gasteiger partial charge < -0.3 is 9.84 Å². The molecule has 1 aromatic heterocycles. The van der Waals surface area contributed by atoms with Crippen LogP contribution in [0, 0.1) is 0 Å². The summed E-state index contributed by atoms with van der Waals surface area (Å²) in [4.78, 5) is 4.08. The Morgan fingerprint density at radius 1 is 1.19 bits per heavy atom. The van der Waals surface area contributed by atoms with Gasteiger partial charge in [-0.05, 0) is 34.1 Å². The van der Waals surface area contributed by atoms with E-state index in [2.05, 4.69) is 25.7 Å². The highest BCUT2D eigenvalue weighted by atomic mass is 79.9. The first-order chi connectivity index (χ1) is 9.85. The fraction of sp³-hybridized carbons (Fsp3) is 0.214. The molecular weight excluding hydrogens is 351 g/mol. The number of aliphatic hydroxyl groups excluding tert-OH is 1. The van der Waals surface area contributed by atoms with E-state index < -0.39 is 18.2 Å². The monoisotopic (exact) mass is 361 g/mol. The number of aromatic nitrogens is 1. The number of para-hydroxylation sites is 1. The van der Waals surface area contributed by atoms with Crippen molar-refractivity contribution in [2.45, 2.75) is 18.9 Å². The highest BCUT2D eigenvalue weighted by molar-refractivity contribution is 9.10. The Bertz CT molecular complexity index is 602. The average molecular weight is 362 g/mol. The van der Waals surface area contributed by atoms with Crippen LogP contribution in [0.4, 0.5) is 13.2 Å². The molecule has 1 atom stereocenters. The largest absolute Gasteiger partial charge is 0.573 e. The maximum absolute atomic E-state index is 12.3. The summed E-state index contributed by atoms with van der Waals surface area (Å²) in [5.41, 5.74) is 0.632. The SMILES string of the molecule is OC(Cc1ccc(Br)cn1)c1ccccc1OC(F)(F)F. The van der Waals surface area contributed by atoms with E-state index in [0.717, 1.165) is 4.47 Å². The number of nitrogens with zero attached hydrogens (tertiary/aromatic N) is 1. The number of ether oxygens (including phenoxy) is 1. The van der Waals surface area contributed by atoms with Gasteiger partial charge in [0.15, 0.2) is 0 Å². The van der Waals surface area contributed by atoms with E-state index in [1.54, 1.807) is 18.3 Å². The van der Waals surface area contributed by atoms with E-state index in [0.29, 0.717) is 5.69 Å². The van der Waals surface area contributed by atoms with Gasteiger partial charge >= 0.3 is 6.36 Å². The molecule has 0 saturated carbocycles. The van der Waals surface area contributed by atoms with E-state index in [9.17, 15) is 18.3 Å². The lowest BCUT2D eigenvalue weighted by Crippen LogP contribution is -2.19. The maximum Gasteiger partial charge on any atom is 0.573 e. The third kappa shape index (κ3) is 4.71. The molecule has 0 aliphatic carbocycles. The summed E-state index contributed by atoms with van der Waals surface area (Å²) >= 11 is 3.23. The Morgan fingerprint density at radius 2 is 1.90 bits per heavy atom. The van der Waals surface area contributed by atoms with Crippen molar-refractivity contribution >= 4 is 15.9 Å². The van der Waals surface area contributed by atoms with Crippen LogP contribution in [0.3, 0.4) is 0 Å². The predicted molar refractivity (Wildman–Crippen MR) is 73.7 cm³/mol. The molecule has 21 heavy (non-hydrogen) atoms. The number of rotatable bonds is 4. The van der Waals surface area contributed by atoms with Gasteiger partial charge in [0.2, 0.25) is 0 Å². The first-order valence-corrected chi connectivity index (χ1v) is 6.77. The predicted octanol–water partition coefficient (Wildman–Crippen LogP) is 4.02. The van der Waals surface area contributed by atoms with Crippen LogP contribution in [0.5, 0.6) is 5.75 Å². The molecule has 0 amide bonds. The van der Waals surface area contributed by atoms with Gasteiger partial charge in [0.25, 0.3) is 0 Å². The van der Waals surface area contributed by atoms with Crippen molar-refractivity contribution in [1.29, 1.82) is 0 Å². The third-order valence-electron chi connectivity index (χ3n) is 2.69. The van der Waals surface area contributed by atoms with Gasteiger partial charge in [-0.2, -0.15) is 0 Å². The Labute approximate surface area is 127 Å². The van der Waals surface area contributed by atoms with Gasteiger partial charge in [0.05, 0.1) is 6.10 Å². The third-order valence-corrected chi connectivity index (χ3v) is 3.16. The zero-order valence-corrected chi connectivity index (χ0v) is 12.2. The van der Waals surface area contributed by atoms with Crippen LogP contribution in [0.1, 0.15) is 17.4 Å². The quantitative estimate of drug-likeness (QED) is 0.894. The Kier molecular flexibility index (Phi) is 4.84. The molecule has 2 rings (SSSR count). The highest BCUT2D eigenvalue weighted by Gasteiger charge is 2.32. The van der Waals surface area contributed by atoms with E-state index in [1.165, 1.54) is 24.3 Å². The molecular formula is C14H11BrF3NO2. The van der Waals surface area contributed by atoms with Crippen LogP contribution in [-0.2, 0) is 6.42 Å². The molecule has 1 unspecified atom stereocenters. The zero-order valence-electron chi connectivity index (χ0n) is 10.6. The summed E-state index contributed by atoms with van der Waals surface area (Å²) in [5.74, 6) is -0.408. The molecule has 0 spiro atoms. The van der Waals surface area contributed by atoms with Crippen LogP contribution >= 0.6 is 15.9 Å². The van der Waals surface area contributed by atoms with Gasteiger partial charge in [-0.3, -0.25) is 4.98 Å². The number of alkyl halides is 3. The van der Waals surface area contributed by atoms with Crippen LogP contribution in [0.15, 0.2) is 47.1 Å². The van der Waals surface area contributed by atoms with Crippen molar-refractivity contribution < 1.29 is 23.0 Å². The molecule has 1 aromatic carbocycles. The Balaban J connectivity index is 2.18.